The molecule has 2 N–H and O–H groups in total. The van der Waals surface area contributed by atoms with Crippen LogP contribution in [0.1, 0.15) is 30.2 Å². The first-order chi connectivity index (χ1) is 10.4. The number of aryl methyl sites for hydroxylation is 1. The van der Waals surface area contributed by atoms with E-state index >= 15 is 0 Å². The molecule has 0 aliphatic heterocycles. The van der Waals surface area contributed by atoms with Gasteiger partial charge in [0.2, 0.25) is 0 Å². The van der Waals surface area contributed by atoms with Gasteiger partial charge in [-0.3, -0.25) is 4.79 Å². The predicted molar refractivity (Wildman–Crippen MR) is 79.8 cm³/mol. The van der Waals surface area contributed by atoms with Crippen molar-refractivity contribution < 1.29 is 13.6 Å². The Morgan fingerprint density at radius 3 is 2.41 bits per heavy atom. The molecule has 1 aromatic heterocycles. The van der Waals surface area contributed by atoms with Crippen LogP contribution in [0.2, 0.25) is 0 Å². The zero-order chi connectivity index (χ0) is 16.3. The Balaban J connectivity index is 2.28. The van der Waals surface area contributed by atoms with Crippen molar-refractivity contribution in [3.8, 4) is 0 Å². The molecule has 22 heavy (non-hydrogen) atoms. The second kappa shape index (κ2) is 6.46. The number of benzene rings is 1. The fourth-order valence-corrected chi connectivity index (χ4v) is 1.85. The maximum Gasteiger partial charge on any atom is 0.274 e. The Morgan fingerprint density at radius 2 is 1.82 bits per heavy atom. The quantitative estimate of drug-likeness (QED) is 0.910. The van der Waals surface area contributed by atoms with Gasteiger partial charge in [-0.2, -0.15) is 0 Å². The number of nitrogens with one attached hydrogen (secondary N) is 2. The van der Waals surface area contributed by atoms with E-state index in [2.05, 4.69) is 20.6 Å². The summed E-state index contributed by atoms with van der Waals surface area (Å²) in [7, 11) is 0. The number of hydrogen-bond donors (Lipinski definition) is 2. The van der Waals surface area contributed by atoms with E-state index in [1.807, 2.05) is 13.8 Å². The second-order valence-corrected chi connectivity index (χ2v) is 5.04. The van der Waals surface area contributed by atoms with E-state index < -0.39 is 23.2 Å². The van der Waals surface area contributed by atoms with Gasteiger partial charge in [-0.05, 0) is 32.9 Å². The SMILES string of the molecule is Cc1nc(NC(C)C)cc(C(=O)Nc2c(F)cccc2F)n1. The topological polar surface area (TPSA) is 66.9 Å². The third-order valence-electron chi connectivity index (χ3n) is 2.71. The van der Waals surface area contributed by atoms with Crippen LogP contribution >= 0.6 is 0 Å². The van der Waals surface area contributed by atoms with Crippen molar-refractivity contribution in [3.63, 3.8) is 0 Å². The van der Waals surface area contributed by atoms with Crippen LogP contribution in [0.5, 0.6) is 0 Å². The lowest BCUT2D eigenvalue weighted by atomic mass is 10.2. The number of para-hydroxylation sites is 1. The van der Waals surface area contributed by atoms with Crippen LogP contribution in [-0.4, -0.2) is 21.9 Å². The highest BCUT2D eigenvalue weighted by atomic mass is 19.1. The number of halogens is 2. The van der Waals surface area contributed by atoms with E-state index in [0.717, 1.165) is 12.1 Å². The molecule has 0 spiro atoms. The molecule has 116 valence electrons. The lowest BCUT2D eigenvalue weighted by molar-refractivity contribution is 0.102. The molecule has 0 bridgehead atoms. The molecule has 5 nitrogen and oxygen atoms in total. The Morgan fingerprint density at radius 1 is 1.18 bits per heavy atom. The summed E-state index contributed by atoms with van der Waals surface area (Å²) in [5, 5.41) is 5.24. The molecule has 7 heteroatoms. The lowest BCUT2D eigenvalue weighted by Crippen LogP contribution is -2.18. The highest BCUT2D eigenvalue weighted by molar-refractivity contribution is 6.03. The van der Waals surface area contributed by atoms with Crippen LogP contribution in [0, 0.1) is 18.6 Å². The predicted octanol–water partition coefficient (Wildman–Crippen LogP) is 3.14. The van der Waals surface area contributed by atoms with Crippen LogP contribution in [0.15, 0.2) is 24.3 Å². The van der Waals surface area contributed by atoms with Gasteiger partial charge in [0.15, 0.2) is 0 Å². The molecule has 0 aliphatic carbocycles. The first-order valence-electron chi connectivity index (χ1n) is 6.74. The van der Waals surface area contributed by atoms with Crippen molar-refractivity contribution in [3.05, 3.63) is 47.4 Å². The Labute approximate surface area is 126 Å². The largest absolute Gasteiger partial charge is 0.368 e. The molecule has 0 unspecified atom stereocenters. The second-order valence-electron chi connectivity index (χ2n) is 5.04. The normalized spacial score (nSPS) is 10.6. The average Bonchev–Trinajstić information content (AvgIpc) is 2.41. The minimum Gasteiger partial charge on any atom is -0.368 e. The molecule has 0 atom stereocenters. The maximum absolute atomic E-state index is 13.6. The van der Waals surface area contributed by atoms with Gasteiger partial charge in [0.1, 0.15) is 34.7 Å². The van der Waals surface area contributed by atoms with Gasteiger partial charge in [0, 0.05) is 12.1 Å². The highest BCUT2D eigenvalue weighted by Gasteiger charge is 2.16. The van der Waals surface area contributed by atoms with Crippen molar-refractivity contribution in [2.75, 3.05) is 10.6 Å². The molecule has 1 aromatic carbocycles. The molecule has 0 saturated heterocycles. The van der Waals surface area contributed by atoms with Crippen LogP contribution in [0.4, 0.5) is 20.3 Å². The molecule has 1 amide bonds. The number of aromatic nitrogens is 2. The first kappa shape index (κ1) is 15.8. The molecule has 0 fully saturated rings. The van der Waals surface area contributed by atoms with Gasteiger partial charge < -0.3 is 10.6 Å². The van der Waals surface area contributed by atoms with Crippen molar-refractivity contribution in [1.82, 2.24) is 9.97 Å². The summed E-state index contributed by atoms with van der Waals surface area (Å²) in [5.41, 5.74) is -0.472. The molecule has 0 radical (unpaired) electrons. The Hall–Kier alpha value is -2.57. The molecule has 1 heterocycles. The summed E-state index contributed by atoms with van der Waals surface area (Å²) >= 11 is 0. The number of carbonyl (C=O) groups excluding carboxylic acids is 1. The summed E-state index contributed by atoms with van der Waals surface area (Å²) < 4.78 is 27.1. The zero-order valence-corrected chi connectivity index (χ0v) is 12.4. The van der Waals surface area contributed by atoms with Gasteiger partial charge in [-0.15, -0.1) is 0 Å². The summed E-state index contributed by atoms with van der Waals surface area (Å²) in [6.07, 6.45) is 0. The van der Waals surface area contributed by atoms with Gasteiger partial charge >= 0.3 is 0 Å². The molecular weight excluding hydrogens is 290 g/mol. The standard InChI is InChI=1S/C15H16F2N4O/c1-8(2)18-13-7-12(19-9(3)20-13)15(22)21-14-10(16)5-4-6-11(14)17/h4-8H,1-3H3,(H,21,22)(H,18,19,20). The van der Waals surface area contributed by atoms with Crippen LogP contribution in [0.25, 0.3) is 0 Å². The number of anilines is 2. The fraction of sp³-hybridized carbons (Fsp3) is 0.267. The van der Waals surface area contributed by atoms with Gasteiger partial charge in [0.25, 0.3) is 5.91 Å². The summed E-state index contributed by atoms with van der Waals surface area (Å²) in [4.78, 5) is 20.3. The van der Waals surface area contributed by atoms with Crippen LogP contribution in [-0.2, 0) is 0 Å². The van der Waals surface area contributed by atoms with Crippen molar-refractivity contribution >= 4 is 17.4 Å². The zero-order valence-electron chi connectivity index (χ0n) is 12.4. The summed E-state index contributed by atoms with van der Waals surface area (Å²) in [6, 6.07) is 4.90. The van der Waals surface area contributed by atoms with Gasteiger partial charge in [-0.25, -0.2) is 18.7 Å². The minimum absolute atomic E-state index is 0.0262. The summed E-state index contributed by atoms with van der Waals surface area (Å²) in [6.45, 7) is 5.48. The van der Waals surface area contributed by atoms with Crippen molar-refractivity contribution in [2.45, 2.75) is 26.8 Å². The number of hydrogen-bond acceptors (Lipinski definition) is 4. The van der Waals surface area contributed by atoms with E-state index in [-0.39, 0.29) is 11.7 Å². The molecule has 2 aromatic rings. The number of nitrogens with zero attached hydrogens (tertiary/aromatic N) is 2. The van der Waals surface area contributed by atoms with E-state index in [1.165, 1.54) is 12.1 Å². The minimum atomic E-state index is -0.848. The number of carbonyl (C=O) groups is 1. The van der Waals surface area contributed by atoms with Gasteiger partial charge in [0.05, 0.1) is 0 Å². The van der Waals surface area contributed by atoms with E-state index in [9.17, 15) is 13.6 Å². The van der Waals surface area contributed by atoms with Crippen LogP contribution in [0.3, 0.4) is 0 Å². The number of amides is 1. The van der Waals surface area contributed by atoms with Gasteiger partial charge in [-0.1, -0.05) is 6.07 Å². The van der Waals surface area contributed by atoms with Crippen molar-refractivity contribution in [1.29, 1.82) is 0 Å². The third-order valence-corrected chi connectivity index (χ3v) is 2.71. The molecular formula is C15H16F2N4O. The fourth-order valence-electron chi connectivity index (χ4n) is 1.85. The smallest absolute Gasteiger partial charge is 0.274 e. The van der Waals surface area contributed by atoms with Crippen LogP contribution < -0.4 is 10.6 Å². The molecule has 2 rings (SSSR count). The lowest BCUT2D eigenvalue weighted by Gasteiger charge is -2.11. The van der Waals surface area contributed by atoms with E-state index in [1.54, 1.807) is 6.92 Å². The maximum atomic E-state index is 13.6. The first-order valence-corrected chi connectivity index (χ1v) is 6.74. The van der Waals surface area contributed by atoms with E-state index in [0.29, 0.717) is 11.6 Å². The summed E-state index contributed by atoms with van der Waals surface area (Å²) in [5.74, 6) is -1.55. The highest BCUT2D eigenvalue weighted by Crippen LogP contribution is 2.19. The van der Waals surface area contributed by atoms with Crippen molar-refractivity contribution in [2.24, 2.45) is 0 Å². The number of rotatable bonds is 4. The third kappa shape index (κ3) is 3.75. The average molecular weight is 306 g/mol. The monoisotopic (exact) mass is 306 g/mol. The van der Waals surface area contributed by atoms with E-state index in [4.69, 9.17) is 0 Å². The Kier molecular flexibility index (Phi) is 4.65. The Bertz CT molecular complexity index is 684. The molecule has 0 aliphatic rings. The molecule has 0 saturated carbocycles.